The van der Waals surface area contributed by atoms with Gasteiger partial charge >= 0.3 is 0 Å². The molecule has 28 heavy (non-hydrogen) atoms. The van der Waals surface area contributed by atoms with E-state index in [-0.39, 0.29) is 11.9 Å². The van der Waals surface area contributed by atoms with E-state index in [1.54, 1.807) is 62.6 Å². The van der Waals surface area contributed by atoms with Gasteiger partial charge in [0, 0.05) is 12.1 Å². The van der Waals surface area contributed by atoms with E-state index in [0.717, 1.165) is 12.0 Å². The Balaban J connectivity index is 1.92. The summed E-state index contributed by atoms with van der Waals surface area (Å²) in [6.07, 6.45) is 1.15. The maximum atomic E-state index is 12.4. The van der Waals surface area contributed by atoms with Crippen LogP contribution in [0.5, 0.6) is 11.5 Å². The number of nitrogens with one attached hydrogen (secondary N) is 1. The molecule has 0 radical (unpaired) electrons. The normalized spacial score (nSPS) is 12.1. The number of anilines is 1. The van der Waals surface area contributed by atoms with Crippen molar-refractivity contribution >= 4 is 21.6 Å². The highest BCUT2D eigenvalue weighted by molar-refractivity contribution is 7.92. The van der Waals surface area contributed by atoms with Gasteiger partial charge in [-0.3, -0.25) is 9.10 Å². The lowest BCUT2D eigenvalue weighted by molar-refractivity contribution is 0.0926. The molecule has 7 nitrogen and oxygen atoms in total. The molecule has 0 spiro atoms. The average Bonchev–Trinajstić information content (AvgIpc) is 2.66. The Morgan fingerprint density at radius 2 is 1.64 bits per heavy atom. The highest BCUT2D eigenvalue weighted by Gasteiger charge is 2.16. The van der Waals surface area contributed by atoms with Gasteiger partial charge in [0.25, 0.3) is 5.91 Å². The average molecular weight is 407 g/mol. The lowest BCUT2D eigenvalue weighted by Crippen LogP contribution is -2.36. The number of hydrogen-bond acceptors (Lipinski definition) is 5. The topological polar surface area (TPSA) is 84.9 Å². The Hall–Kier alpha value is -2.74. The van der Waals surface area contributed by atoms with Crippen LogP contribution in [0.15, 0.2) is 48.5 Å². The van der Waals surface area contributed by atoms with Gasteiger partial charge in [-0.2, -0.15) is 0 Å². The standard InChI is InChI=1S/C20H26N2O5S/c1-5-22(28(4,24)25)17-8-6-16(7-9-17)20(23)21-15(2)14-27-19-12-10-18(26-3)11-13-19/h6-13,15H,5,14H2,1-4H3,(H,21,23)/t15-/m0/s1. The first kappa shape index (κ1) is 21.6. The van der Waals surface area contributed by atoms with Crippen LogP contribution < -0.4 is 19.1 Å². The van der Waals surface area contributed by atoms with Gasteiger partial charge in [0.2, 0.25) is 10.0 Å². The lowest BCUT2D eigenvalue weighted by atomic mass is 10.2. The van der Waals surface area contributed by atoms with Gasteiger partial charge in [-0.05, 0) is 62.4 Å². The lowest BCUT2D eigenvalue weighted by Gasteiger charge is -2.20. The first-order valence-corrected chi connectivity index (χ1v) is 10.7. The molecule has 0 aliphatic carbocycles. The molecule has 0 aliphatic rings. The van der Waals surface area contributed by atoms with Gasteiger partial charge in [0.15, 0.2) is 0 Å². The summed E-state index contributed by atoms with van der Waals surface area (Å²) < 4.78 is 35.6. The van der Waals surface area contributed by atoms with E-state index in [9.17, 15) is 13.2 Å². The minimum absolute atomic E-state index is 0.211. The van der Waals surface area contributed by atoms with E-state index in [0.29, 0.717) is 30.2 Å². The molecule has 152 valence electrons. The predicted molar refractivity (Wildman–Crippen MR) is 110 cm³/mol. The molecule has 0 unspecified atom stereocenters. The van der Waals surface area contributed by atoms with Gasteiger partial charge in [-0.25, -0.2) is 8.42 Å². The van der Waals surface area contributed by atoms with Crippen molar-refractivity contribution in [1.82, 2.24) is 5.32 Å². The molecule has 2 aromatic carbocycles. The van der Waals surface area contributed by atoms with Crippen molar-refractivity contribution in [3.8, 4) is 11.5 Å². The molecule has 1 N–H and O–H groups in total. The number of hydrogen-bond donors (Lipinski definition) is 1. The Morgan fingerprint density at radius 3 is 2.14 bits per heavy atom. The summed E-state index contributed by atoms with van der Waals surface area (Å²) in [6, 6.07) is 13.5. The van der Waals surface area contributed by atoms with Crippen LogP contribution in [0.25, 0.3) is 0 Å². The van der Waals surface area contributed by atoms with Crippen molar-refractivity contribution in [2.24, 2.45) is 0 Å². The van der Waals surface area contributed by atoms with Crippen LogP contribution in [0.2, 0.25) is 0 Å². The van der Waals surface area contributed by atoms with E-state index >= 15 is 0 Å². The summed E-state index contributed by atoms with van der Waals surface area (Å²) in [5, 5.41) is 2.86. The monoisotopic (exact) mass is 406 g/mol. The number of rotatable bonds is 9. The summed E-state index contributed by atoms with van der Waals surface area (Å²) in [5.74, 6) is 1.18. The fourth-order valence-electron chi connectivity index (χ4n) is 2.63. The number of carbonyl (C=O) groups is 1. The van der Waals surface area contributed by atoms with E-state index in [2.05, 4.69) is 5.32 Å². The van der Waals surface area contributed by atoms with Gasteiger partial charge in [-0.15, -0.1) is 0 Å². The maximum Gasteiger partial charge on any atom is 0.251 e. The Morgan fingerprint density at radius 1 is 1.07 bits per heavy atom. The molecule has 8 heteroatoms. The van der Waals surface area contributed by atoms with E-state index < -0.39 is 10.0 Å². The number of methoxy groups -OCH3 is 1. The van der Waals surface area contributed by atoms with Crippen LogP contribution in [0.1, 0.15) is 24.2 Å². The number of nitrogens with zero attached hydrogens (tertiary/aromatic N) is 1. The van der Waals surface area contributed by atoms with Crippen LogP contribution >= 0.6 is 0 Å². The molecule has 2 rings (SSSR count). The zero-order chi connectivity index (χ0) is 20.7. The second-order valence-corrected chi connectivity index (χ2v) is 8.24. The molecule has 0 fully saturated rings. The van der Waals surface area contributed by atoms with Crippen molar-refractivity contribution in [3.63, 3.8) is 0 Å². The van der Waals surface area contributed by atoms with Crippen LogP contribution in [0.4, 0.5) is 5.69 Å². The third kappa shape index (κ3) is 5.88. The highest BCUT2D eigenvalue weighted by atomic mass is 32.2. The summed E-state index contributed by atoms with van der Waals surface area (Å²) >= 11 is 0. The van der Waals surface area contributed by atoms with Gasteiger partial charge in [0.05, 0.1) is 25.1 Å². The summed E-state index contributed by atoms with van der Waals surface area (Å²) in [4.78, 5) is 12.4. The number of ether oxygens (including phenoxy) is 2. The fraction of sp³-hybridized carbons (Fsp3) is 0.350. The van der Waals surface area contributed by atoms with Crippen molar-refractivity contribution in [2.75, 3.05) is 30.8 Å². The minimum Gasteiger partial charge on any atom is -0.497 e. The van der Waals surface area contributed by atoms with Gasteiger partial charge in [0.1, 0.15) is 18.1 Å². The van der Waals surface area contributed by atoms with E-state index in [4.69, 9.17) is 9.47 Å². The number of benzene rings is 2. The molecule has 0 saturated carbocycles. The van der Waals surface area contributed by atoms with Gasteiger partial charge < -0.3 is 14.8 Å². The first-order chi connectivity index (χ1) is 13.2. The third-order valence-electron chi connectivity index (χ3n) is 4.04. The second-order valence-electron chi connectivity index (χ2n) is 6.34. The largest absolute Gasteiger partial charge is 0.497 e. The molecule has 1 atom stereocenters. The second kappa shape index (κ2) is 9.45. The molecule has 0 aliphatic heterocycles. The van der Waals surface area contributed by atoms with Crippen LogP contribution in [-0.4, -0.2) is 46.9 Å². The van der Waals surface area contributed by atoms with E-state index in [1.165, 1.54) is 4.31 Å². The van der Waals surface area contributed by atoms with Crippen molar-refractivity contribution in [3.05, 3.63) is 54.1 Å². The third-order valence-corrected chi connectivity index (χ3v) is 5.31. The van der Waals surface area contributed by atoms with Crippen LogP contribution in [-0.2, 0) is 10.0 Å². The summed E-state index contributed by atoms with van der Waals surface area (Å²) in [5.41, 5.74) is 0.974. The van der Waals surface area contributed by atoms with Crippen LogP contribution in [0.3, 0.4) is 0 Å². The van der Waals surface area contributed by atoms with Crippen LogP contribution in [0, 0.1) is 0 Å². The number of amides is 1. The molecular formula is C20H26N2O5S. The zero-order valence-corrected chi connectivity index (χ0v) is 17.3. The number of carbonyl (C=O) groups excluding carboxylic acids is 1. The quantitative estimate of drug-likeness (QED) is 0.692. The maximum absolute atomic E-state index is 12.4. The van der Waals surface area contributed by atoms with Crippen molar-refractivity contribution in [1.29, 1.82) is 0 Å². The molecule has 0 bridgehead atoms. The molecule has 0 saturated heterocycles. The van der Waals surface area contributed by atoms with Crippen molar-refractivity contribution < 1.29 is 22.7 Å². The van der Waals surface area contributed by atoms with E-state index in [1.807, 2.05) is 6.92 Å². The molecule has 0 heterocycles. The molecule has 2 aromatic rings. The molecular weight excluding hydrogens is 380 g/mol. The SMILES string of the molecule is CCN(c1ccc(C(=O)N[C@@H](C)COc2ccc(OC)cc2)cc1)S(C)(=O)=O. The Labute approximate surface area is 166 Å². The molecule has 0 aromatic heterocycles. The highest BCUT2D eigenvalue weighted by Crippen LogP contribution is 2.19. The smallest absolute Gasteiger partial charge is 0.251 e. The van der Waals surface area contributed by atoms with Crippen molar-refractivity contribution in [2.45, 2.75) is 19.9 Å². The Kier molecular flexibility index (Phi) is 7.28. The van der Waals surface area contributed by atoms with Gasteiger partial charge in [-0.1, -0.05) is 0 Å². The Bertz CT molecular complexity index is 880. The minimum atomic E-state index is -3.35. The predicted octanol–water partition coefficient (Wildman–Crippen LogP) is 2.68. The fourth-order valence-corrected chi connectivity index (χ4v) is 3.60. The summed E-state index contributed by atoms with van der Waals surface area (Å²) in [7, 11) is -1.75. The summed E-state index contributed by atoms with van der Waals surface area (Å²) in [6.45, 7) is 4.24. The first-order valence-electron chi connectivity index (χ1n) is 8.90. The number of sulfonamides is 1. The molecule has 1 amide bonds. The zero-order valence-electron chi connectivity index (χ0n) is 16.5.